The zero-order valence-electron chi connectivity index (χ0n) is 12.0. The minimum absolute atomic E-state index is 0.311. The molecule has 0 bridgehead atoms. The van der Waals surface area contributed by atoms with Crippen LogP contribution in [0, 0.1) is 0 Å². The van der Waals surface area contributed by atoms with Gasteiger partial charge >= 0.3 is 0 Å². The Kier molecular flexibility index (Phi) is 3.78. The maximum Gasteiger partial charge on any atom is 0.185 e. The van der Waals surface area contributed by atoms with Crippen molar-refractivity contribution in [3.63, 3.8) is 0 Å². The molecule has 106 valence electrons. The average molecular weight is 281 g/mol. The van der Waals surface area contributed by atoms with Gasteiger partial charge in [-0.3, -0.25) is 0 Å². The van der Waals surface area contributed by atoms with E-state index in [1.807, 2.05) is 18.4 Å². The van der Waals surface area contributed by atoms with Crippen molar-refractivity contribution < 1.29 is 4.74 Å². The van der Waals surface area contributed by atoms with E-state index in [2.05, 4.69) is 24.2 Å². The Balaban J connectivity index is 1.84. The fourth-order valence-corrected chi connectivity index (χ4v) is 4.39. The van der Waals surface area contributed by atoms with Crippen molar-refractivity contribution in [1.29, 1.82) is 0 Å². The topological polar surface area (TPSA) is 37.4 Å². The molecule has 0 aromatic carbocycles. The third-order valence-corrected chi connectivity index (χ3v) is 5.65. The first-order valence-corrected chi connectivity index (χ1v) is 8.03. The van der Waals surface area contributed by atoms with E-state index in [1.54, 1.807) is 0 Å². The van der Waals surface area contributed by atoms with Gasteiger partial charge in [-0.1, -0.05) is 0 Å². The van der Waals surface area contributed by atoms with Crippen LogP contribution in [0.15, 0.2) is 0 Å². The first-order valence-electron chi connectivity index (χ1n) is 7.22. The van der Waals surface area contributed by atoms with Crippen molar-refractivity contribution >= 4 is 16.5 Å². The molecule has 5 heteroatoms. The molecule has 19 heavy (non-hydrogen) atoms. The summed E-state index contributed by atoms with van der Waals surface area (Å²) in [6.07, 6.45) is 5.09. The molecule has 1 aromatic rings. The predicted molar refractivity (Wildman–Crippen MR) is 79.1 cm³/mol. The van der Waals surface area contributed by atoms with E-state index in [9.17, 15) is 0 Å². The van der Waals surface area contributed by atoms with E-state index in [0.717, 1.165) is 18.2 Å². The number of anilines is 1. The summed E-state index contributed by atoms with van der Waals surface area (Å²) < 4.78 is 5.68. The van der Waals surface area contributed by atoms with Gasteiger partial charge in [-0.25, -0.2) is 4.98 Å². The Hall–Kier alpha value is -0.650. The van der Waals surface area contributed by atoms with Crippen LogP contribution in [0.3, 0.4) is 0 Å². The number of nitrogens with one attached hydrogen (secondary N) is 1. The fraction of sp³-hybridized carbons (Fsp3) is 0.786. The molecule has 1 aliphatic carbocycles. The monoisotopic (exact) mass is 281 g/mol. The molecule has 3 unspecified atom stereocenters. The number of ether oxygens (including phenoxy) is 1. The SMILES string of the molecule is CNC1CCCc2sc(N(C)C3CCOC3C)nc21. The summed E-state index contributed by atoms with van der Waals surface area (Å²) >= 11 is 1.87. The minimum atomic E-state index is 0.311. The smallest absolute Gasteiger partial charge is 0.185 e. The number of fused-ring (bicyclic) bond motifs is 1. The van der Waals surface area contributed by atoms with Gasteiger partial charge in [0, 0.05) is 18.5 Å². The molecule has 1 aromatic heterocycles. The van der Waals surface area contributed by atoms with Crippen molar-refractivity contribution in [3.8, 4) is 0 Å². The lowest BCUT2D eigenvalue weighted by molar-refractivity contribution is 0.118. The maximum atomic E-state index is 5.68. The Morgan fingerprint density at radius 3 is 2.95 bits per heavy atom. The minimum Gasteiger partial charge on any atom is -0.376 e. The van der Waals surface area contributed by atoms with Crippen molar-refractivity contribution in [2.24, 2.45) is 0 Å². The van der Waals surface area contributed by atoms with Crippen LogP contribution in [0.4, 0.5) is 5.13 Å². The highest BCUT2D eigenvalue weighted by atomic mass is 32.1. The lowest BCUT2D eigenvalue weighted by Gasteiger charge is -2.26. The van der Waals surface area contributed by atoms with Gasteiger partial charge in [-0.2, -0.15) is 0 Å². The highest BCUT2D eigenvalue weighted by Gasteiger charge is 2.31. The molecule has 0 radical (unpaired) electrons. The molecule has 3 rings (SSSR count). The summed E-state index contributed by atoms with van der Waals surface area (Å²) in [5.74, 6) is 0. The number of hydrogen-bond donors (Lipinski definition) is 1. The summed E-state index contributed by atoms with van der Waals surface area (Å²) in [4.78, 5) is 8.71. The molecule has 1 aliphatic heterocycles. The number of hydrogen-bond acceptors (Lipinski definition) is 5. The van der Waals surface area contributed by atoms with Crippen LogP contribution in [-0.2, 0) is 11.2 Å². The first-order chi connectivity index (χ1) is 9.20. The zero-order chi connectivity index (χ0) is 13.4. The lowest BCUT2D eigenvalue weighted by atomic mass is 9.98. The quantitative estimate of drug-likeness (QED) is 0.923. The molecule has 0 amide bonds. The maximum absolute atomic E-state index is 5.68. The van der Waals surface area contributed by atoms with E-state index in [0.29, 0.717) is 18.2 Å². The van der Waals surface area contributed by atoms with Crippen LogP contribution < -0.4 is 10.2 Å². The van der Waals surface area contributed by atoms with Crippen LogP contribution >= 0.6 is 11.3 Å². The standard InChI is InChI=1S/C14H23N3OS/c1-9-11(7-8-18-9)17(3)14-16-13-10(15-2)5-4-6-12(13)19-14/h9-11,15H,4-8H2,1-3H3. The van der Waals surface area contributed by atoms with E-state index >= 15 is 0 Å². The third-order valence-electron chi connectivity index (χ3n) is 4.43. The molecule has 1 N–H and O–H groups in total. The second-order valence-electron chi connectivity index (χ2n) is 5.58. The molecule has 2 heterocycles. The Bertz CT molecular complexity index is 448. The summed E-state index contributed by atoms with van der Waals surface area (Å²) in [5, 5.41) is 4.55. The molecule has 1 fully saturated rings. The number of aryl methyl sites for hydroxylation is 1. The second-order valence-corrected chi connectivity index (χ2v) is 6.64. The van der Waals surface area contributed by atoms with Crippen LogP contribution in [-0.4, -0.2) is 37.8 Å². The van der Waals surface area contributed by atoms with Gasteiger partial charge in [0.1, 0.15) is 0 Å². The molecular formula is C14H23N3OS. The predicted octanol–water partition coefficient (Wildman–Crippen LogP) is 2.35. The normalized spacial score (nSPS) is 30.4. The van der Waals surface area contributed by atoms with Gasteiger partial charge in [0.25, 0.3) is 0 Å². The molecule has 0 saturated carbocycles. The largest absolute Gasteiger partial charge is 0.376 e. The van der Waals surface area contributed by atoms with Crippen molar-refractivity contribution in [3.05, 3.63) is 10.6 Å². The summed E-state index contributed by atoms with van der Waals surface area (Å²) in [7, 11) is 4.20. The van der Waals surface area contributed by atoms with Gasteiger partial charge < -0.3 is 15.0 Å². The number of thiazole rings is 1. The van der Waals surface area contributed by atoms with Gasteiger partial charge in [0.15, 0.2) is 5.13 Å². The van der Waals surface area contributed by atoms with Gasteiger partial charge in [-0.05, 0) is 39.7 Å². The van der Waals surface area contributed by atoms with E-state index in [4.69, 9.17) is 9.72 Å². The van der Waals surface area contributed by atoms with Gasteiger partial charge in [0.05, 0.1) is 23.9 Å². The van der Waals surface area contributed by atoms with Crippen molar-refractivity contribution in [1.82, 2.24) is 10.3 Å². The number of likely N-dealkylation sites (N-methyl/N-ethyl adjacent to an activating group) is 1. The number of nitrogens with zero attached hydrogens (tertiary/aromatic N) is 2. The molecular weight excluding hydrogens is 258 g/mol. The second kappa shape index (κ2) is 5.38. The van der Waals surface area contributed by atoms with Crippen LogP contribution in [0.25, 0.3) is 0 Å². The van der Waals surface area contributed by atoms with Crippen LogP contribution in [0.5, 0.6) is 0 Å². The van der Waals surface area contributed by atoms with E-state index < -0.39 is 0 Å². The fourth-order valence-electron chi connectivity index (χ4n) is 3.21. The summed E-state index contributed by atoms with van der Waals surface area (Å²) in [6, 6.07) is 0.917. The Labute approximate surface area is 119 Å². The highest BCUT2D eigenvalue weighted by molar-refractivity contribution is 7.15. The van der Waals surface area contributed by atoms with Gasteiger partial charge in [0.2, 0.25) is 0 Å². The lowest BCUT2D eigenvalue weighted by Crippen LogP contribution is -2.36. The zero-order valence-corrected chi connectivity index (χ0v) is 12.8. The molecule has 0 spiro atoms. The van der Waals surface area contributed by atoms with E-state index in [1.165, 1.54) is 29.8 Å². The number of rotatable bonds is 3. The van der Waals surface area contributed by atoms with Crippen molar-refractivity contribution in [2.75, 3.05) is 25.6 Å². The molecule has 1 saturated heterocycles. The molecule has 2 aliphatic rings. The summed E-state index contributed by atoms with van der Waals surface area (Å²) in [6.45, 7) is 3.04. The van der Waals surface area contributed by atoms with E-state index in [-0.39, 0.29) is 0 Å². The van der Waals surface area contributed by atoms with Crippen LogP contribution in [0.2, 0.25) is 0 Å². The highest BCUT2D eigenvalue weighted by Crippen LogP contribution is 2.37. The van der Waals surface area contributed by atoms with Crippen LogP contribution in [0.1, 0.15) is 42.8 Å². The first kappa shape index (κ1) is 13.3. The third kappa shape index (κ3) is 2.39. The van der Waals surface area contributed by atoms with Gasteiger partial charge in [-0.15, -0.1) is 11.3 Å². The average Bonchev–Trinajstić information content (AvgIpc) is 3.03. The summed E-state index contributed by atoms with van der Waals surface area (Å²) in [5.41, 5.74) is 1.28. The Morgan fingerprint density at radius 1 is 1.42 bits per heavy atom. The molecule has 4 nitrogen and oxygen atoms in total. The molecule has 3 atom stereocenters. The number of aromatic nitrogens is 1. The Morgan fingerprint density at radius 2 is 2.26 bits per heavy atom. The van der Waals surface area contributed by atoms with Crippen molar-refractivity contribution in [2.45, 2.75) is 50.8 Å².